The maximum Gasteiger partial charge on any atom is 0.227 e. The first-order chi connectivity index (χ1) is 13.5. The number of carbonyl (C=O) groups is 2. The van der Waals surface area contributed by atoms with Crippen molar-refractivity contribution in [2.24, 2.45) is 0 Å². The maximum atomic E-state index is 12.4. The van der Waals surface area contributed by atoms with Crippen LogP contribution in [0.3, 0.4) is 0 Å². The lowest BCUT2D eigenvalue weighted by Crippen LogP contribution is -2.25. The summed E-state index contributed by atoms with van der Waals surface area (Å²) in [5.41, 5.74) is 1.53. The summed E-state index contributed by atoms with van der Waals surface area (Å²) in [4.78, 5) is 25.4. The second kappa shape index (κ2) is 8.89. The Bertz CT molecular complexity index is 977. The van der Waals surface area contributed by atoms with Crippen molar-refractivity contribution in [3.8, 4) is 5.75 Å². The fourth-order valence-corrected chi connectivity index (χ4v) is 3.40. The molecule has 0 fully saturated rings. The van der Waals surface area contributed by atoms with E-state index < -0.39 is 5.92 Å². The minimum absolute atomic E-state index is 0.120. The van der Waals surface area contributed by atoms with Gasteiger partial charge in [-0.3, -0.25) is 4.79 Å². The fraction of sp³-hybridized carbons (Fsp3) is 0.364. The number of fused-ring (bicyclic) bond motifs is 3. The summed E-state index contributed by atoms with van der Waals surface area (Å²) in [7, 11) is 5.62. The van der Waals surface area contributed by atoms with Gasteiger partial charge in [-0.05, 0) is 55.6 Å². The van der Waals surface area contributed by atoms with Crippen molar-refractivity contribution in [2.75, 3.05) is 34.3 Å². The molecule has 0 spiro atoms. The van der Waals surface area contributed by atoms with Gasteiger partial charge in [0.1, 0.15) is 24.2 Å². The van der Waals surface area contributed by atoms with Crippen LogP contribution < -0.4 is 10.1 Å². The van der Waals surface area contributed by atoms with Crippen molar-refractivity contribution >= 4 is 33.9 Å². The van der Waals surface area contributed by atoms with Gasteiger partial charge in [-0.2, -0.15) is 0 Å². The van der Waals surface area contributed by atoms with Crippen LogP contribution in [0.25, 0.3) is 21.7 Å². The maximum absolute atomic E-state index is 12.4. The SMILES string of the molecule is CNC(=O)C(CCC=O)c1coc2ccc3cc(OCCN(C)C)ccc3c12. The van der Waals surface area contributed by atoms with Gasteiger partial charge in [0.25, 0.3) is 0 Å². The van der Waals surface area contributed by atoms with E-state index >= 15 is 0 Å². The predicted molar refractivity (Wildman–Crippen MR) is 110 cm³/mol. The molecular weight excluding hydrogens is 356 g/mol. The molecule has 28 heavy (non-hydrogen) atoms. The molecule has 0 aliphatic carbocycles. The Hall–Kier alpha value is -2.86. The molecule has 0 saturated carbocycles. The van der Waals surface area contributed by atoms with E-state index in [4.69, 9.17) is 9.15 Å². The molecule has 3 rings (SSSR count). The van der Waals surface area contributed by atoms with Gasteiger partial charge < -0.3 is 24.2 Å². The molecule has 1 heterocycles. The third kappa shape index (κ3) is 4.17. The topological polar surface area (TPSA) is 71.8 Å². The summed E-state index contributed by atoms with van der Waals surface area (Å²) in [6.45, 7) is 1.45. The molecule has 0 aliphatic heterocycles. The average Bonchev–Trinajstić information content (AvgIpc) is 3.12. The Balaban J connectivity index is 2.01. The van der Waals surface area contributed by atoms with Crippen LogP contribution in [0, 0.1) is 0 Å². The van der Waals surface area contributed by atoms with Gasteiger partial charge in [0.15, 0.2) is 0 Å². The van der Waals surface area contributed by atoms with Crippen LogP contribution in [0.15, 0.2) is 41.0 Å². The third-order valence-electron chi connectivity index (χ3n) is 4.87. The van der Waals surface area contributed by atoms with Crippen LogP contribution in [0.5, 0.6) is 5.75 Å². The van der Waals surface area contributed by atoms with E-state index in [1.807, 2.05) is 44.4 Å². The number of ether oxygens (including phenoxy) is 1. The first-order valence-electron chi connectivity index (χ1n) is 9.41. The van der Waals surface area contributed by atoms with Crippen molar-refractivity contribution < 1.29 is 18.7 Å². The van der Waals surface area contributed by atoms with Crippen molar-refractivity contribution in [1.29, 1.82) is 0 Å². The second-order valence-electron chi connectivity index (χ2n) is 7.08. The molecule has 1 aromatic heterocycles. The largest absolute Gasteiger partial charge is 0.492 e. The number of hydrogen-bond donors (Lipinski definition) is 1. The Kier molecular flexibility index (Phi) is 6.31. The normalized spacial score (nSPS) is 12.4. The molecule has 148 valence electrons. The third-order valence-corrected chi connectivity index (χ3v) is 4.87. The van der Waals surface area contributed by atoms with E-state index in [1.54, 1.807) is 13.3 Å². The molecule has 3 aromatic rings. The quantitative estimate of drug-likeness (QED) is 0.575. The van der Waals surface area contributed by atoms with E-state index in [-0.39, 0.29) is 5.91 Å². The van der Waals surface area contributed by atoms with E-state index in [2.05, 4.69) is 10.2 Å². The smallest absolute Gasteiger partial charge is 0.227 e. The number of nitrogens with one attached hydrogen (secondary N) is 1. The zero-order valence-electron chi connectivity index (χ0n) is 16.5. The predicted octanol–water partition coefficient (Wildman–Crippen LogP) is 3.34. The van der Waals surface area contributed by atoms with Gasteiger partial charge in [0.2, 0.25) is 5.91 Å². The number of rotatable bonds is 9. The summed E-state index contributed by atoms with van der Waals surface area (Å²) in [6.07, 6.45) is 3.24. The molecule has 0 saturated heterocycles. The van der Waals surface area contributed by atoms with E-state index in [1.165, 1.54) is 0 Å². The number of benzene rings is 2. The highest BCUT2D eigenvalue weighted by molar-refractivity contribution is 6.09. The second-order valence-corrected chi connectivity index (χ2v) is 7.08. The lowest BCUT2D eigenvalue weighted by atomic mass is 9.91. The van der Waals surface area contributed by atoms with Crippen molar-refractivity contribution in [2.45, 2.75) is 18.8 Å². The Labute approximate surface area is 164 Å². The van der Waals surface area contributed by atoms with E-state index in [9.17, 15) is 9.59 Å². The molecule has 6 nitrogen and oxygen atoms in total. The summed E-state index contributed by atoms with van der Waals surface area (Å²) in [6, 6.07) is 9.84. The summed E-state index contributed by atoms with van der Waals surface area (Å²) in [5.74, 6) is 0.255. The molecule has 1 atom stereocenters. The summed E-state index contributed by atoms with van der Waals surface area (Å²) < 4.78 is 11.6. The molecule has 1 unspecified atom stereocenters. The van der Waals surface area contributed by atoms with E-state index in [0.717, 1.165) is 45.9 Å². The Morgan fingerprint density at radius 1 is 1.29 bits per heavy atom. The van der Waals surface area contributed by atoms with Crippen molar-refractivity contribution in [3.63, 3.8) is 0 Å². The van der Waals surface area contributed by atoms with Crippen LogP contribution in [-0.2, 0) is 9.59 Å². The van der Waals surface area contributed by atoms with Crippen molar-refractivity contribution in [1.82, 2.24) is 10.2 Å². The Morgan fingerprint density at radius 2 is 2.11 bits per heavy atom. The minimum atomic E-state index is -0.432. The highest BCUT2D eigenvalue weighted by Gasteiger charge is 2.24. The molecular formula is C22H26N2O4. The number of hydrogen-bond acceptors (Lipinski definition) is 5. The van der Waals surface area contributed by atoms with Crippen LogP contribution in [-0.4, -0.2) is 51.4 Å². The molecule has 1 amide bonds. The van der Waals surface area contributed by atoms with Gasteiger partial charge >= 0.3 is 0 Å². The summed E-state index contributed by atoms with van der Waals surface area (Å²) >= 11 is 0. The molecule has 2 aromatic carbocycles. The Morgan fingerprint density at radius 3 is 2.82 bits per heavy atom. The lowest BCUT2D eigenvalue weighted by molar-refractivity contribution is -0.122. The number of amides is 1. The zero-order chi connectivity index (χ0) is 20.1. The van der Waals surface area contributed by atoms with Crippen LogP contribution in [0.4, 0.5) is 0 Å². The molecule has 0 aliphatic rings. The first kappa shape index (κ1) is 19.9. The van der Waals surface area contributed by atoms with Gasteiger partial charge in [-0.25, -0.2) is 0 Å². The van der Waals surface area contributed by atoms with Crippen LogP contribution in [0.1, 0.15) is 24.3 Å². The number of nitrogens with zero attached hydrogens (tertiary/aromatic N) is 1. The molecule has 1 N–H and O–H groups in total. The van der Waals surface area contributed by atoms with E-state index in [0.29, 0.717) is 19.4 Å². The van der Waals surface area contributed by atoms with Gasteiger partial charge in [0, 0.05) is 31.0 Å². The lowest BCUT2D eigenvalue weighted by Gasteiger charge is -2.14. The van der Waals surface area contributed by atoms with Crippen LogP contribution in [0.2, 0.25) is 0 Å². The standard InChI is InChI=1S/C22H26N2O4/c1-23-22(26)18(5-4-11-25)19-14-28-20-9-6-15-13-16(27-12-10-24(2)3)7-8-17(15)21(19)20/h6-9,11,13-14,18H,4-5,10,12H2,1-3H3,(H,23,26). The number of likely N-dealkylation sites (N-methyl/N-ethyl adjacent to an activating group) is 2. The average molecular weight is 382 g/mol. The highest BCUT2D eigenvalue weighted by atomic mass is 16.5. The van der Waals surface area contributed by atoms with Gasteiger partial charge in [-0.15, -0.1) is 0 Å². The monoisotopic (exact) mass is 382 g/mol. The number of aldehydes is 1. The van der Waals surface area contributed by atoms with Crippen LogP contribution >= 0.6 is 0 Å². The number of furan rings is 1. The summed E-state index contributed by atoms with van der Waals surface area (Å²) in [5, 5.41) is 5.63. The molecule has 0 bridgehead atoms. The first-order valence-corrected chi connectivity index (χ1v) is 9.41. The van der Waals surface area contributed by atoms with Crippen molar-refractivity contribution in [3.05, 3.63) is 42.2 Å². The fourth-order valence-electron chi connectivity index (χ4n) is 3.40. The molecule has 6 heteroatoms. The zero-order valence-corrected chi connectivity index (χ0v) is 16.5. The molecule has 0 radical (unpaired) electrons. The van der Waals surface area contributed by atoms with Gasteiger partial charge in [-0.1, -0.05) is 6.07 Å². The highest BCUT2D eigenvalue weighted by Crippen LogP contribution is 2.36. The van der Waals surface area contributed by atoms with Gasteiger partial charge in [0.05, 0.1) is 12.2 Å². The number of carbonyl (C=O) groups excluding carboxylic acids is 2. The minimum Gasteiger partial charge on any atom is -0.492 e.